The van der Waals surface area contributed by atoms with Crippen molar-refractivity contribution in [3.63, 3.8) is 0 Å². The van der Waals surface area contributed by atoms with Crippen LogP contribution in [0.4, 0.5) is 0 Å². The van der Waals surface area contributed by atoms with E-state index in [1.54, 1.807) is 12.1 Å². The minimum Gasteiger partial charge on any atom is -0.481 e. The molecule has 0 aromatic carbocycles. The van der Waals surface area contributed by atoms with E-state index in [1.165, 1.54) is 13.3 Å². The number of hydrogen-bond donors (Lipinski definition) is 1. The average molecular weight is 334 g/mol. The van der Waals surface area contributed by atoms with Gasteiger partial charge in [-0.1, -0.05) is 0 Å². The SMILES string of the molecule is COc1ccc(C(=O)NCC[C@@H]2CCC(=O)N2CCN(C)C)cn1. The van der Waals surface area contributed by atoms with Crippen LogP contribution in [0, 0.1) is 0 Å². The molecule has 0 radical (unpaired) electrons. The number of nitrogens with one attached hydrogen (secondary N) is 1. The standard InChI is InChI=1S/C17H26N4O3/c1-20(2)10-11-21-14(5-7-16(21)22)8-9-18-17(23)13-4-6-15(24-3)19-12-13/h4,6,12,14H,5,7-11H2,1-3H3,(H,18,23)/t14-/m0/s1. The summed E-state index contributed by atoms with van der Waals surface area (Å²) < 4.78 is 4.98. The minimum atomic E-state index is -0.158. The highest BCUT2D eigenvalue weighted by Crippen LogP contribution is 2.20. The molecule has 1 aromatic rings. The van der Waals surface area contributed by atoms with Crippen LogP contribution < -0.4 is 10.1 Å². The molecular weight excluding hydrogens is 308 g/mol. The van der Waals surface area contributed by atoms with Gasteiger partial charge in [0.05, 0.1) is 12.7 Å². The second-order valence-corrected chi connectivity index (χ2v) is 6.22. The zero-order valence-electron chi connectivity index (χ0n) is 14.6. The van der Waals surface area contributed by atoms with Crippen LogP contribution in [-0.4, -0.2) is 73.5 Å². The van der Waals surface area contributed by atoms with E-state index in [0.717, 1.165) is 25.9 Å². The lowest BCUT2D eigenvalue weighted by molar-refractivity contribution is -0.129. The van der Waals surface area contributed by atoms with Crippen LogP contribution in [0.5, 0.6) is 5.88 Å². The maximum Gasteiger partial charge on any atom is 0.252 e. The van der Waals surface area contributed by atoms with Gasteiger partial charge in [0.25, 0.3) is 5.91 Å². The molecule has 0 saturated carbocycles. The van der Waals surface area contributed by atoms with Gasteiger partial charge in [-0.2, -0.15) is 0 Å². The number of aromatic nitrogens is 1. The Morgan fingerprint density at radius 2 is 2.25 bits per heavy atom. The van der Waals surface area contributed by atoms with Gasteiger partial charge in [-0.05, 0) is 33.0 Å². The quantitative estimate of drug-likeness (QED) is 0.760. The molecule has 1 aliphatic heterocycles. The number of likely N-dealkylation sites (N-methyl/N-ethyl adjacent to an activating group) is 1. The van der Waals surface area contributed by atoms with Crippen LogP contribution in [-0.2, 0) is 4.79 Å². The largest absolute Gasteiger partial charge is 0.481 e. The Labute approximate surface area is 143 Å². The number of carbonyl (C=O) groups excluding carboxylic acids is 2. The first-order chi connectivity index (χ1) is 11.5. The van der Waals surface area contributed by atoms with Crippen molar-refractivity contribution in [3.05, 3.63) is 23.9 Å². The second-order valence-electron chi connectivity index (χ2n) is 6.22. The van der Waals surface area contributed by atoms with Crippen molar-refractivity contribution in [1.82, 2.24) is 20.1 Å². The molecule has 7 heteroatoms. The molecule has 2 heterocycles. The molecule has 1 saturated heterocycles. The molecule has 1 aromatic heterocycles. The molecule has 1 atom stereocenters. The Kier molecular flexibility index (Phi) is 6.54. The van der Waals surface area contributed by atoms with Crippen LogP contribution in [0.2, 0.25) is 0 Å². The van der Waals surface area contributed by atoms with Crippen molar-refractivity contribution in [2.24, 2.45) is 0 Å². The number of pyridine rings is 1. The third-order valence-electron chi connectivity index (χ3n) is 4.21. The Hall–Kier alpha value is -2.15. The Morgan fingerprint density at radius 3 is 2.88 bits per heavy atom. The smallest absolute Gasteiger partial charge is 0.252 e. The Morgan fingerprint density at radius 1 is 1.46 bits per heavy atom. The van der Waals surface area contributed by atoms with Gasteiger partial charge in [-0.25, -0.2) is 4.98 Å². The number of carbonyl (C=O) groups is 2. The molecule has 2 rings (SSSR count). The number of ether oxygens (including phenoxy) is 1. The zero-order valence-corrected chi connectivity index (χ0v) is 14.6. The summed E-state index contributed by atoms with van der Waals surface area (Å²) >= 11 is 0. The van der Waals surface area contributed by atoms with Gasteiger partial charge in [0.15, 0.2) is 0 Å². The molecule has 1 N–H and O–H groups in total. The van der Waals surface area contributed by atoms with Gasteiger partial charge < -0.3 is 19.9 Å². The van der Waals surface area contributed by atoms with Crippen LogP contribution >= 0.6 is 0 Å². The Bertz CT molecular complexity index is 559. The van der Waals surface area contributed by atoms with Crippen LogP contribution in [0.25, 0.3) is 0 Å². The maximum atomic E-state index is 12.1. The van der Waals surface area contributed by atoms with Crippen LogP contribution in [0.1, 0.15) is 29.6 Å². The number of rotatable bonds is 8. The topological polar surface area (TPSA) is 74.8 Å². The van der Waals surface area contributed by atoms with E-state index in [9.17, 15) is 9.59 Å². The lowest BCUT2D eigenvalue weighted by atomic mass is 10.1. The normalized spacial score (nSPS) is 17.4. The van der Waals surface area contributed by atoms with E-state index in [1.807, 2.05) is 19.0 Å². The predicted molar refractivity (Wildman–Crippen MR) is 91.0 cm³/mol. The lowest BCUT2D eigenvalue weighted by Gasteiger charge is -2.26. The van der Waals surface area contributed by atoms with Gasteiger partial charge >= 0.3 is 0 Å². The van der Waals surface area contributed by atoms with E-state index in [4.69, 9.17) is 4.74 Å². The molecule has 0 spiro atoms. The van der Waals surface area contributed by atoms with Crippen molar-refractivity contribution in [3.8, 4) is 5.88 Å². The van der Waals surface area contributed by atoms with Crippen molar-refractivity contribution >= 4 is 11.8 Å². The van der Waals surface area contributed by atoms with Crippen LogP contribution in [0.3, 0.4) is 0 Å². The predicted octanol–water partition coefficient (Wildman–Crippen LogP) is 0.763. The summed E-state index contributed by atoms with van der Waals surface area (Å²) in [5.41, 5.74) is 0.503. The summed E-state index contributed by atoms with van der Waals surface area (Å²) in [5.74, 6) is 0.536. The molecule has 1 aliphatic rings. The molecule has 132 valence electrons. The lowest BCUT2D eigenvalue weighted by Crippen LogP contribution is -2.40. The first-order valence-electron chi connectivity index (χ1n) is 8.23. The zero-order chi connectivity index (χ0) is 17.5. The van der Waals surface area contributed by atoms with E-state index < -0.39 is 0 Å². The fourth-order valence-electron chi connectivity index (χ4n) is 2.80. The highest BCUT2D eigenvalue weighted by molar-refractivity contribution is 5.93. The summed E-state index contributed by atoms with van der Waals surface area (Å²) in [4.78, 5) is 32.1. The van der Waals surface area contributed by atoms with Gasteiger partial charge in [0.1, 0.15) is 0 Å². The molecule has 24 heavy (non-hydrogen) atoms. The highest BCUT2D eigenvalue weighted by atomic mass is 16.5. The fourth-order valence-corrected chi connectivity index (χ4v) is 2.80. The van der Waals surface area contributed by atoms with E-state index in [2.05, 4.69) is 15.2 Å². The van der Waals surface area contributed by atoms with Crippen molar-refractivity contribution in [2.45, 2.75) is 25.3 Å². The molecular formula is C17H26N4O3. The van der Waals surface area contributed by atoms with Gasteiger partial charge in [-0.3, -0.25) is 9.59 Å². The van der Waals surface area contributed by atoms with Crippen molar-refractivity contribution in [2.75, 3.05) is 40.8 Å². The molecule has 1 fully saturated rings. The van der Waals surface area contributed by atoms with E-state index in [0.29, 0.717) is 24.4 Å². The first-order valence-corrected chi connectivity index (χ1v) is 8.23. The number of nitrogens with zero attached hydrogens (tertiary/aromatic N) is 3. The van der Waals surface area contributed by atoms with E-state index >= 15 is 0 Å². The summed E-state index contributed by atoms with van der Waals surface area (Å²) in [5, 5.41) is 2.90. The minimum absolute atomic E-state index is 0.158. The van der Waals surface area contributed by atoms with Gasteiger partial charge in [-0.15, -0.1) is 0 Å². The number of amides is 2. The molecule has 0 aliphatic carbocycles. The number of likely N-dealkylation sites (tertiary alicyclic amines) is 1. The third kappa shape index (κ3) is 4.92. The number of methoxy groups -OCH3 is 1. The first kappa shape index (κ1) is 18.2. The van der Waals surface area contributed by atoms with Gasteiger partial charge in [0.2, 0.25) is 11.8 Å². The average Bonchev–Trinajstić information content (AvgIpc) is 2.93. The summed E-state index contributed by atoms with van der Waals surface area (Å²) in [6.45, 7) is 2.14. The summed E-state index contributed by atoms with van der Waals surface area (Å²) in [7, 11) is 5.53. The second kappa shape index (κ2) is 8.63. The molecule has 0 bridgehead atoms. The van der Waals surface area contributed by atoms with Crippen molar-refractivity contribution in [1.29, 1.82) is 0 Å². The monoisotopic (exact) mass is 334 g/mol. The third-order valence-corrected chi connectivity index (χ3v) is 4.21. The number of hydrogen-bond acceptors (Lipinski definition) is 5. The fraction of sp³-hybridized carbons (Fsp3) is 0.588. The van der Waals surface area contributed by atoms with Crippen LogP contribution in [0.15, 0.2) is 18.3 Å². The van der Waals surface area contributed by atoms with Crippen molar-refractivity contribution < 1.29 is 14.3 Å². The Balaban J connectivity index is 1.79. The molecule has 2 amide bonds. The van der Waals surface area contributed by atoms with Gasteiger partial charge in [0, 0.05) is 44.4 Å². The molecule has 7 nitrogen and oxygen atoms in total. The highest BCUT2D eigenvalue weighted by Gasteiger charge is 2.30. The summed E-state index contributed by atoms with van der Waals surface area (Å²) in [6.07, 6.45) is 3.74. The van der Waals surface area contributed by atoms with E-state index in [-0.39, 0.29) is 17.9 Å². The summed E-state index contributed by atoms with van der Waals surface area (Å²) in [6, 6.07) is 3.56. The molecule has 0 unspecified atom stereocenters. The maximum absolute atomic E-state index is 12.1.